The van der Waals surface area contributed by atoms with Crippen molar-refractivity contribution in [2.75, 3.05) is 0 Å². The number of rotatable bonds is 2. The lowest BCUT2D eigenvalue weighted by Crippen LogP contribution is -2.16. The van der Waals surface area contributed by atoms with Crippen LogP contribution >= 0.6 is 0 Å². The van der Waals surface area contributed by atoms with Gasteiger partial charge in [-0.15, -0.1) is 0 Å². The van der Waals surface area contributed by atoms with Gasteiger partial charge in [-0.05, 0) is 22.6 Å². The molecule has 0 aromatic heterocycles. The van der Waals surface area contributed by atoms with Gasteiger partial charge in [-0.25, -0.2) is 0 Å². The Bertz CT molecular complexity index is 654. The molecule has 3 heteroatoms. The fourth-order valence-electron chi connectivity index (χ4n) is 2.47. The van der Waals surface area contributed by atoms with E-state index in [0.29, 0.717) is 0 Å². The Morgan fingerprint density at radius 2 is 1.59 bits per heavy atom. The van der Waals surface area contributed by atoms with Crippen molar-refractivity contribution in [1.82, 2.24) is 0 Å². The van der Waals surface area contributed by atoms with Crippen LogP contribution in [0.4, 0.5) is 0 Å². The maximum absolute atomic E-state index is 5.83. The molecule has 1 unspecified atom stereocenters. The van der Waals surface area contributed by atoms with Gasteiger partial charge in [0.2, 0.25) is 0 Å². The van der Waals surface area contributed by atoms with Gasteiger partial charge in [0.05, 0.1) is 21.9 Å². The zero-order valence-electron chi connectivity index (χ0n) is 13.2. The van der Waals surface area contributed by atoms with Crippen LogP contribution in [-0.2, 0) is 14.3 Å². The second kappa shape index (κ2) is 6.11. The maximum atomic E-state index is 5.83. The molecule has 0 aliphatic carbocycles. The van der Waals surface area contributed by atoms with Crippen LogP contribution in [0.3, 0.4) is 0 Å². The van der Waals surface area contributed by atoms with E-state index in [9.17, 15) is 0 Å². The third kappa shape index (κ3) is 3.31. The van der Waals surface area contributed by atoms with Crippen LogP contribution in [-0.4, -0.2) is 10.0 Å². The Labute approximate surface area is 134 Å². The molecule has 0 bridgehead atoms. The van der Waals surface area contributed by atoms with Crippen LogP contribution < -0.4 is 0 Å². The van der Waals surface area contributed by atoms with Gasteiger partial charge >= 0.3 is 0 Å². The molecule has 1 heterocycles. The van der Waals surface area contributed by atoms with Gasteiger partial charge < -0.3 is 8.85 Å². The van der Waals surface area contributed by atoms with Crippen LogP contribution in [0.2, 0.25) is 0 Å². The fraction of sp³-hybridized carbons (Fsp3) is 0.263. The first-order chi connectivity index (χ1) is 10.5. The van der Waals surface area contributed by atoms with Gasteiger partial charge in [0.15, 0.2) is 0 Å². The van der Waals surface area contributed by atoms with Gasteiger partial charge in [-0.3, -0.25) is 0 Å². The minimum Gasteiger partial charge on any atom is -0.688 e. The van der Waals surface area contributed by atoms with Crippen LogP contribution in [0.15, 0.2) is 60.7 Å². The summed E-state index contributed by atoms with van der Waals surface area (Å²) in [5.41, 5.74) is 3.79. The summed E-state index contributed by atoms with van der Waals surface area (Å²) in [5.74, 6) is 0.923. The number of hydrogen-bond donors (Lipinski definition) is 0. The summed E-state index contributed by atoms with van der Waals surface area (Å²) in [4.78, 5) is 0. The molecular weight excluding hydrogens is 288 g/mol. The van der Waals surface area contributed by atoms with Crippen LogP contribution in [0.5, 0.6) is 0 Å². The fourth-order valence-corrected chi connectivity index (χ4v) is 3.20. The van der Waals surface area contributed by atoms with E-state index in [1.54, 1.807) is 0 Å². The molecule has 0 N–H and O–H groups in total. The molecule has 0 saturated carbocycles. The van der Waals surface area contributed by atoms with Gasteiger partial charge in [0, 0.05) is 5.56 Å². The third-order valence-corrected chi connectivity index (χ3v) is 4.60. The van der Waals surface area contributed by atoms with Gasteiger partial charge in [-0.1, -0.05) is 75.4 Å². The first-order valence-corrected chi connectivity index (χ1v) is 8.50. The Morgan fingerprint density at radius 1 is 0.909 bits per heavy atom. The van der Waals surface area contributed by atoms with Crippen molar-refractivity contribution in [2.45, 2.75) is 32.3 Å². The second-order valence-electron chi connectivity index (χ2n) is 6.54. The topological polar surface area (TPSA) is 18.5 Å². The average Bonchev–Trinajstić information content (AvgIpc) is 2.55. The smallest absolute Gasteiger partial charge is 0.0889 e. The Kier molecular flexibility index (Phi) is 4.18. The molecule has 22 heavy (non-hydrogen) atoms. The predicted octanol–water partition coefficient (Wildman–Crippen LogP) is 4.38. The average molecular weight is 309 g/mol. The highest BCUT2D eigenvalue weighted by Crippen LogP contribution is 2.30. The third-order valence-electron chi connectivity index (χ3n) is 3.84. The summed E-state index contributed by atoms with van der Waals surface area (Å²) in [6.45, 7) is 6.68. The quantitative estimate of drug-likeness (QED) is 0.767. The van der Waals surface area contributed by atoms with Crippen molar-refractivity contribution < 1.29 is 8.85 Å². The first kappa shape index (κ1) is 15.1. The molecular formula is C19H21O2Si-. The lowest BCUT2D eigenvalue weighted by atomic mass is 9.86. The lowest BCUT2D eigenvalue weighted by Gasteiger charge is -2.33. The first-order valence-electron chi connectivity index (χ1n) is 7.55. The van der Waals surface area contributed by atoms with Crippen LogP contribution in [0, 0.1) is 0 Å². The van der Waals surface area contributed by atoms with Crippen molar-refractivity contribution in [3.8, 4) is 0 Å². The summed E-state index contributed by atoms with van der Waals surface area (Å²) >= 11 is 0. The summed E-state index contributed by atoms with van der Waals surface area (Å²) in [5, 5.41) is 0. The highest BCUT2D eigenvalue weighted by atomic mass is 28.3. The molecule has 114 valence electrons. The summed E-state index contributed by atoms with van der Waals surface area (Å²) in [6.07, 6.45) is 2.05. The van der Waals surface area contributed by atoms with Gasteiger partial charge in [0.25, 0.3) is 0 Å². The molecule has 1 aliphatic rings. The Hall–Kier alpha value is -1.84. The largest absolute Gasteiger partial charge is 0.688 e. The summed E-state index contributed by atoms with van der Waals surface area (Å²) in [7, 11) is -0.474. The Balaban J connectivity index is 1.85. The molecule has 0 amide bonds. The van der Waals surface area contributed by atoms with Gasteiger partial charge in [0.1, 0.15) is 0 Å². The second-order valence-corrected chi connectivity index (χ2v) is 7.24. The van der Waals surface area contributed by atoms with E-state index in [4.69, 9.17) is 8.85 Å². The van der Waals surface area contributed by atoms with Crippen LogP contribution in [0.25, 0.3) is 5.76 Å². The van der Waals surface area contributed by atoms with E-state index in [-0.39, 0.29) is 11.5 Å². The monoisotopic (exact) mass is 309 g/mol. The van der Waals surface area contributed by atoms with E-state index in [2.05, 4.69) is 63.2 Å². The standard InChI is InChI=1S/C19H21O2Si/c1-19(2,3)16-11-9-15(10-12-16)18-13-17(20-22-21-18)14-7-5-4-6-8-14/h4-13,18,22H,1-3H3/q-1. The van der Waals surface area contributed by atoms with Crippen molar-refractivity contribution in [3.63, 3.8) is 0 Å². The molecule has 2 nitrogen and oxygen atoms in total. The number of benzene rings is 2. The summed E-state index contributed by atoms with van der Waals surface area (Å²) < 4.78 is 11.5. The minimum absolute atomic E-state index is 0.0204. The van der Waals surface area contributed by atoms with Crippen molar-refractivity contribution in [2.24, 2.45) is 0 Å². The molecule has 2 aromatic rings. The molecule has 0 spiro atoms. The van der Waals surface area contributed by atoms with Gasteiger partial charge in [-0.2, -0.15) is 0 Å². The highest BCUT2D eigenvalue weighted by molar-refractivity contribution is 6.21. The van der Waals surface area contributed by atoms with Crippen LogP contribution in [0.1, 0.15) is 43.6 Å². The molecule has 3 rings (SSSR count). The Morgan fingerprint density at radius 3 is 2.23 bits per heavy atom. The molecule has 0 radical (unpaired) electrons. The zero-order chi connectivity index (χ0) is 15.6. The summed E-state index contributed by atoms with van der Waals surface area (Å²) in [6, 6.07) is 18.9. The van der Waals surface area contributed by atoms with E-state index in [0.717, 1.165) is 11.3 Å². The minimum atomic E-state index is -0.474. The van der Waals surface area contributed by atoms with Crippen molar-refractivity contribution in [1.29, 1.82) is 0 Å². The predicted molar refractivity (Wildman–Crippen MR) is 91.6 cm³/mol. The maximum Gasteiger partial charge on any atom is 0.0889 e. The normalized spacial score (nSPS) is 18.5. The highest BCUT2D eigenvalue weighted by Gasteiger charge is 2.16. The van der Waals surface area contributed by atoms with Crippen molar-refractivity contribution in [3.05, 3.63) is 77.4 Å². The lowest BCUT2D eigenvalue weighted by molar-refractivity contribution is 0.209. The van der Waals surface area contributed by atoms with E-state index < -0.39 is 10.0 Å². The SMILES string of the molecule is CC(C)(C)c1ccc(C2C=C(c3ccccc3)O[SiH-]O2)cc1. The molecule has 0 fully saturated rings. The van der Waals surface area contributed by atoms with E-state index in [1.807, 2.05) is 18.2 Å². The van der Waals surface area contributed by atoms with E-state index in [1.165, 1.54) is 11.1 Å². The molecule has 2 aromatic carbocycles. The molecule has 1 aliphatic heterocycles. The molecule has 1 atom stereocenters. The molecule has 0 saturated heterocycles. The van der Waals surface area contributed by atoms with Crippen molar-refractivity contribution >= 4 is 15.8 Å². The number of hydrogen-bond acceptors (Lipinski definition) is 2. The zero-order valence-corrected chi connectivity index (χ0v) is 14.4. The van der Waals surface area contributed by atoms with E-state index >= 15 is 0 Å².